The molecular formula is C21H30N4O2S. The van der Waals surface area contributed by atoms with Crippen molar-refractivity contribution in [2.24, 2.45) is 13.0 Å². The van der Waals surface area contributed by atoms with E-state index in [1.807, 2.05) is 43.7 Å². The molecule has 1 aliphatic rings. The molecule has 0 unspecified atom stereocenters. The predicted molar refractivity (Wildman–Crippen MR) is 112 cm³/mol. The van der Waals surface area contributed by atoms with Crippen molar-refractivity contribution in [3.8, 4) is 5.75 Å². The highest BCUT2D eigenvalue weighted by Gasteiger charge is 2.23. The van der Waals surface area contributed by atoms with Gasteiger partial charge in [-0.2, -0.15) is 0 Å². The summed E-state index contributed by atoms with van der Waals surface area (Å²) in [5, 5.41) is 12.4. The zero-order chi connectivity index (χ0) is 20.1. The van der Waals surface area contributed by atoms with Crippen LogP contribution in [0.5, 0.6) is 5.75 Å². The fraction of sp³-hybridized carbons (Fsp3) is 0.571. The van der Waals surface area contributed by atoms with Gasteiger partial charge in [0, 0.05) is 13.1 Å². The van der Waals surface area contributed by atoms with Gasteiger partial charge in [0.15, 0.2) is 11.0 Å². The maximum atomic E-state index is 12.3. The molecule has 0 radical (unpaired) electrons. The molecule has 152 valence electrons. The zero-order valence-corrected chi connectivity index (χ0v) is 18.0. The Morgan fingerprint density at radius 3 is 2.68 bits per heavy atom. The molecule has 0 saturated heterocycles. The van der Waals surface area contributed by atoms with Crippen LogP contribution in [0.15, 0.2) is 23.4 Å². The van der Waals surface area contributed by atoms with Crippen molar-refractivity contribution in [1.82, 2.24) is 20.1 Å². The first-order chi connectivity index (χ1) is 13.5. The fourth-order valence-electron chi connectivity index (χ4n) is 3.67. The smallest absolute Gasteiger partial charge is 0.230 e. The number of para-hydroxylation sites is 1. The molecule has 1 aromatic carbocycles. The Hall–Kier alpha value is -2.02. The maximum absolute atomic E-state index is 12.3. The van der Waals surface area contributed by atoms with E-state index in [1.165, 1.54) is 31.0 Å². The minimum atomic E-state index is 0.0695. The SMILES string of the molecule is Cc1cccc(C)c1OCc1nnc(SCC(=O)N[C@@H]2CCCC[C@@H]2C)n1C. The molecule has 3 rings (SSSR count). The molecule has 7 heteroatoms. The summed E-state index contributed by atoms with van der Waals surface area (Å²) in [6, 6.07) is 6.40. The summed E-state index contributed by atoms with van der Waals surface area (Å²) in [6.45, 7) is 6.64. The van der Waals surface area contributed by atoms with Crippen molar-refractivity contribution in [3.05, 3.63) is 35.2 Å². The van der Waals surface area contributed by atoms with Gasteiger partial charge < -0.3 is 14.6 Å². The van der Waals surface area contributed by atoms with E-state index in [4.69, 9.17) is 4.74 Å². The number of aryl methyl sites for hydroxylation is 2. The van der Waals surface area contributed by atoms with Gasteiger partial charge in [0.2, 0.25) is 5.91 Å². The van der Waals surface area contributed by atoms with Crippen LogP contribution in [-0.2, 0) is 18.4 Å². The summed E-state index contributed by atoms with van der Waals surface area (Å²) in [4.78, 5) is 12.3. The van der Waals surface area contributed by atoms with Gasteiger partial charge in [-0.05, 0) is 43.7 Å². The Bertz CT molecular complexity index is 800. The van der Waals surface area contributed by atoms with Gasteiger partial charge in [-0.1, -0.05) is 49.7 Å². The molecule has 1 heterocycles. The zero-order valence-electron chi connectivity index (χ0n) is 17.2. The fourth-order valence-corrected chi connectivity index (χ4v) is 4.41. The summed E-state index contributed by atoms with van der Waals surface area (Å²) in [7, 11) is 1.91. The summed E-state index contributed by atoms with van der Waals surface area (Å²) in [5.41, 5.74) is 2.20. The average Bonchev–Trinajstić information content (AvgIpc) is 3.01. The second kappa shape index (κ2) is 9.45. The van der Waals surface area contributed by atoms with Gasteiger partial charge in [0.1, 0.15) is 12.4 Å². The third-order valence-corrected chi connectivity index (χ3v) is 6.49. The third kappa shape index (κ3) is 5.07. The molecular weight excluding hydrogens is 372 g/mol. The van der Waals surface area contributed by atoms with Crippen molar-refractivity contribution in [1.29, 1.82) is 0 Å². The van der Waals surface area contributed by atoms with Crippen LogP contribution in [0.2, 0.25) is 0 Å². The number of nitrogens with zero attached hydrogens (tertiary/aromatic N) is 3. The maximum Gasteiger partial charge on any atom is 0.230 e. The molecule has 1 N–H and O–H groups in total. The van der Waals surface area contributed by atoms with Crippen molar-refractivity contribution < 1.29 is 9.53 Å². The number of carbonyl (C=O) groups excluding carboxylic acids is 1. The van der Waals surface area contributed by atoms with E-state index in [0.29, 0.717) is 24.3 Å². The predicted octanol–water partition coefficient (Wildman–Crippen LogP) is 3.80. The molecule has 28 heavy (non-hydrogen) atoms. The first kappa shape index (κ1) is 20.7. The molecule has 1 amide bonds. The number of ether oxygens (including phenoxy) is 1. The molecule has 1 fully saturated rings. The number of hydrogen-bond acceptors (Lipinski definition) is 5. The second-order valence-electron chi connectivity index (χ2n) is 7.69. The number of carbonyl (C=O) groups is 1. The van der Waals surface area contributed by atoms with Crippen LogP contribution < -0.4 is 10.1 Å². The standard InChI is InChI=1S/C21H30N4O2S/c1-14-8-5-6-11-17(14)22-19(26)13-28-21-24-23-18(25(21)4)12-27-20-15(2)9-7-10-16(20)3/h7,9-10,14,17H,5-6,8,11-13H2,1-4H3,(H,22,26)/t14-,17+/m0/s1. The van der Waals surface area contributed by atoms with Gasteiger partial charge in [-0.15, -0.1) is 10.2 Å². The highest BCUT2D eigenvalue weighted by atomic mass is 32.2. The summed E-state index contributed by atoms with van der Waals surface area (Å²) < 4.78 is 7.87. The summed E-state index contributed by atoms with van der Waals surface area (Å²) in [6.07, 6.45) is 4.76. The summed E-state index contributed by atoms with van der Waals surface area (Å²) >= 11 is 1.42. The van der Waals surface area contributed by atoms with Crippen LogP contribution in [-0.4, -0.2) is 32.5 Å². The normalized spacial score (nSPS) is 19.4. The Balaban J connectivity index is 1.52. The lowest BCUT2D eigenvalue weighted by atomic mass is 9.86. The average molecular weight is 403 g/mol. The molecule has 2 atom stereocenters. The van der Waals surface area contributed by atoms with Gasteiger partial charge in [-0.25, -0.2) is 0 Å². The van der Waals surface area contributed by atoms with Crippen LogP contribution in [0.25, 0.3) is 0 Å². The first-order valence-electron chi connectivity index (χ1n) is 9.95. The van der Waals surface area contributed by atoms with E-state index >= 15 is 0 Å². The first-order valence-corrected chi connectivity index (χ1v) is 10.9. The van der Waals surface area contributed by atoms with E-state index in [1.54, 1.807) is 0 Å². The molecule has 6 nitrogen and oxygen atoms in total. The van der Waals surface area contributed by atoms with E-state index < -0.39 is 0 Å². The number of benzene rings is 1. The van der Waals surface area contributed by atoms with Crippen LogP contribution >= 0.6 is 11.8 Å². The van der Waals surface area contributed by atoms with E-state index in [9.17, 15) is 4.79 Å². The molecule has 0 aliphatic heterocycles. The van der Waals surface area contributed by atoms with Crippen molar-refractivity contribution in [2.75, 3.05) is 5.75 Å². The minimum Gasteiger partial charge on any atom is -0.485 e. The van der Waals surface area contributed by atoms with Gasteiger partial charge >= 0.3 is 0 Å². The lowest BCUT2D eigenvalue weighted by molar-refractivity contribution is -0.119. The molecule has 2 aromatic rings. The molecule has 1 aliphatic carbocycles. The number of thioether (sulfide) groups is 1. The van der Waals surface area contributed by atoms with Crippen LogP contribution in [0.3, 0.4) is 0 Å². The number of amides is 1. The number of aromatic nitrogens is 3. The van der Waals surface area contributed by atoms with E-state index in [0.717, 1.165) is 34.3 Å². The molecule has 0 bridgehead atoms. The van der Waals surface area contributed by atoms with Crippen LogP contribution in [0, 0.1) is 19.8 Å². The second-order valence-corrected chi connectivity index (χ2v) is 8.63. The van der Waals surface area contributed by atoms with Gasteiger partial charge in [0.25, 0.3) is 0 Å². The van der Waals surface area contributed by atoms with Crippen molar-refractivity contribution in [2.45, 2.75) is 64.3 Å². The quantitative estimate of drug-likeness (QED) is 0.714. The number of rotatable bonds is 7. The molecule has 0 spiro atoms. The minimum absolute atomic E-state index is 0.0695. The number of hydrogen-bond donors (Lipinski definition) is 1. The Labute approximate surface area is 171 Å². The third-order valence-electron chi connectivity index (χ3n) is 5.47. The molecule has 1 saturated carbocycles. The Kier molecular flexibility index (Phi) is 6.99. The monoisotopic (exact) mass is 402 g/mol. The molecule has 1 aromatic heterocycles. The lowest BCUT2D eigenvalue weighted by Crippen LogP contribution is -2.41. The van der Waals surface area contributed by atoms with Crippen LogP contribution in [0.1, 0.15) is 49.6 Å². The van der Waals surface area contributed by atoms with E-state index in [-0.39, 0.29) is 5.91 Å². The lowest BCUT2D eigenvalue weighted by Gasteiger charge is -2.29. The summed E-state index contributed by atoms with van der Waals surface area (Å²) in [5.74, 6) is 2.62. The van der Waals surface area contributed by atoms with Gasteiger partial charge in [-0.3, -0.25) is 4.79 Å². The largest absolute Gasteiger partial charge is 0.485 e. The van der Waals surface area contributed by atoms with Crippen molar-refractivity contribution in [3.63, 3.8) is 0 Å². The van der Waals surface area contributed by atoms with Gasteiger partial charge in [0.05, 0.1) is 5.75 Å². The number of nitrogens with one attached hydrogen (secondary N) is 1. The van der Waals surface area contributed by atoms with E-state index in [2.05, 4.69) is 22.4 Å². The Morgan fingerprint density at radius 1 is 1.25 bits per heavy atom. The topological polar surface area (TPSA) is 69.0 Å². The van der Waals surface area contributed by atoms with Crippen molar-refractivity contribution >= 4 is 17.7 Å². The highest BCUT2D eigenvalue weighted by molar-refractivity contribution is 7.99. The highest BCUT2D eigenvalue weighted by Crippen LogP contribution is 2.25. The van der Waals surface area contributed by atoms with Crippen LogP contribution in [0.4, 0.5) is 0 Å². The Morgan fingerprint density at radius 2 is 1.96 bits per heavy atom.